The summed E-state index contributed by atoms with van der Waals surface area (Å²) in [5.74, 6) is -2.33. The number of hydrogen-bond donors (Lipinski definition) is 4. The lowest BCUT2D eigenvalue weighted by atomic mass is 9.81. The van der Waals surface area contributed by atoms with Crippen LogP contribution in [0.3, 0.4) is 0 Å². The van der Waals surface area contributed by atoms with Gasteiger partial charge in [-0.1, -0.05) is 24.3 Å². The van der Waals surface area contributed by atoms with Crippen LogP contribution in [0.25, 0.3) is 0 Å². The van der Waals surface area contributed by atoms with Gasteiger partial charge in [0.1, 0.15) is 17.6 Å². The second-order valence-electron chi connectivity index (χ2n) is 5.47. The number of rotatable bonds is 2. The monoisotopic (exact) mass is 314 g/mol. The number of aliphatic hydroxyl groups is 2. The molecule has 1 aliphatic carbocycles. The Labute approximate surface area is 131 Å². The molecule has 0 spiro atoms. The van der Waals surface area contributed by atoms with Crippen molar-refractivity contribution in [2.75, 3.05) is 0 Å². The van der Waals surface area contributed by atoms with Gasteiger partial charge in [0.2, 0.25) is 0 Å². The summed E-state index contributed by atoms with van der Waals surface area (Å²) in [6, 6.07) is 7.20. The fourth-order valence-electron chi connectivity index (χ4n) is 2.77. The largest absolute Gasteiger partial charge is 0.507 e. The molecule has 0 aliphatic heterocycles. The van der Waals surface area contributed by atoms with E-state index in [1.165, 1.54) is 19.1 Å². The summed E-state index contributed by atoms with van der Waals surface area (Å²) in [5, 5.41) is 39.8. The number of aromatic hydroxyl groups is 2. The molecule has 2 aromatic rings. The first-order chi connectivity index (χ1) is 10.8. The molecule has 23 heavy (non-hydrogen) atoms. The molecular weight excluding hydrogens is 300 g/mol. The molecule has 0 heterocycles. The van der Waals surface area contributed by atoms with E-state index in [0.717, 1.165) is 6.07 Å². The van der Waals surface area contributed by atoms with Crippen molar-refractivity contribution in [3.63, 3.8) is 0 Å². The Morgan fingerprint density at radius 1 is 0.913 bits per heavy atom. The molecule has 0 saturated heterocycles. The first-order valence-corrected chi connectivity index (χ1v) is 6.98. The molecule has 0 bridgehead atoms. The van der Waals surface area contributed by atoms with E-state index in [-0.39, 0.29) is 27.8 Å². The predicted octanol–water partition coefficient (Wildman–Crippen LogP) is 1.29. The number of fused-ring (bicyclic) bond motifs is 2. The number of carbonyl (C=O) groups excluding carboxylic acids is 2. The van der Waals surface area contributed by atoms with Gasteiger partial charge < -0.3 is 20.4 Å². The number of aliphatic hydroxyl groups excluding tert-OH is 2. The van der Waals surface area contributed by atoms with Crippen molar-refractivity contribution < 1.29 is 30.0 Å². The summed E-state index contributed by atoms with van der Waals surface area (Å²) in [6.45, 7) is 1.27. The summed E-state index contributed by atoms with van der Waals surface area (Å²) in [4.78, 5) is 25.1. The van der Waals surface area contributed by atoms with Gasteiger partial charge in [-0.25, -0.2) is 0 Å². The van der Waals surface area contributed by atoms with E-state index >= 15 is 0 Å². The van der Waals surface area contributed by atoms with Crippen molar-refractivity contribution in [1.29, 1.82) is 0 Å². The van der Waals surface area contributed by atoms with Crippen LogP contribution >= 0.6 is 0 Å². The van der Waals surface area contributed by atoms with Gasteiger partial charge in [-0.2, -0.15) is 0 Å². The fraction of sp³-hybridized carbons (Fsp3) is 0.176. The SMILES string of the molecule is CC(O)C(O)c1c(O)cc2c(c1O)C(=O)c1ccccc1C2=O. The number of ketones is 2. The second-order valence-corrected chi connectivity index (χ2v) is 5.47. The third kappa shape index (κ3) is 2.11. The van der Waals surface area contributed by atoms with E-state index < -0.39 is 35.3 Å². The lowest BCUT2D eigenvalue weighted by Crippen LogP contribution is -2.23. The molecule has 0 radical (unpaired) electrons. The summed E-state index contributed by atoms with van der Waals surface area (Å²) < 4.78 is 0. The van der Waals surface area contributed by atoms with Gasteiger partial charge in [0.25, 0.3) is 0 Å². The molecule has 3 rings (SSSR count). The Hall–Kier alpha value is -2.70. The Morgan fingerprint density at radius 3 is 2.04 bits per heavy atom. The lowest BCUT2D eigenvalue weighted by Gasteiger charge is -2.23. The number of phenols is 2. The van der Waals surface area contributed by atoms with E-state index in [0.29, 0.717) is 0 Å². The molecule has 6 heteroatoms. The minimum absolute atomic E-state index is 0.134. The molecule has 4 N–H and O–H groups in total. The highest BCUT2D eigenvalue weighted by Crippen LogP contribution is 2.42. The van der Waals surface area contributed by atoms with Crippen LogP contribution in [0, 0.1) is 0 Å². The van der Waals surface area contributed by atoms with Crippen LogP contribution in [-0.2, 0) is 0 Å². The maximum absolute atomic E-state index is 12.6. The van der Waals surface area contributed by atoms with Crippen LogP contribution in [0.2, 0.25) is 0 Å². The van der Waals surface area contributed by atoms with Crippen molar-refractivity contribution in [3.05, 3.63) is 58.1 Å². The molecule has 0 aromatic heterocycles. The van der Waals surface area contributed by atoms with E-state index in [1.807, 2.05) is 0 Å². The number of carbonyl (C=O) groups is 2. The zero-order valence-electron chi connectivity index (χ0n) is 12.1. The second kappa shape index (κ2) is 5.19. The van der Waals surface area contributed by atoms with Crippen LogP contribution in [0.5, 0.6) is 11.5 Å². The van der Waals surface area contributed by atoms with Crippen LogP contribution in [0.15, 0.2) is 30.3 Å². The zero-order valence-corrected chi connectivity index (χ0v) is 12.1. The molecule has 2 atom stereocenters. The summed E-state index contributed by atoms with van der Waals surface area (Å²) >= 11 is 0. The minimum Gasteiger partial charge on any atom is -0.507 e. The van der Waals surface area contributed by atoms with Gasteiger partial charge in [0.15, 0.2) is 11.6 Å². The number of benzene rings is 2. The van der Waals surface area contributed by atoms with Gasteiger partial charge in [0.05, 0.1) is 17.2 Å². The highest BCUT2D eigenvalue weighted by atomic mass is 16.3. The lowest BCUT2D eigenvalue weighted by molar-refractivity contribution is 0.0275. The third-order valence-corrected chi connectivity index (χ3v) is 3.96. The third-order valence-electron chi connectivity index (χ3n) is 3.96. The number of phenolic OH excluding ortho intramolecular Hbond substituents is 2. The fourth-order valence-corrected chi connectivity index (χ4v) is 2.77. The summed E-state index contributed by atoms with van der Waals surface area (Å²) in [7, 11) is 0. The highest BCUT2D eigenvalue weighted by molar-refractivity contribution is 6.29. The predicted molar refractivity (Wildman–Crippen MR) is 79.7 cm³/mol. The molecule has 0 amide bonds. The normalized spacial score (nSPS) is 15.8. The zero-order chi connectivity index (χ0) is 16.9. The van der Waals surface area contributed by atoms with E-state index in [2.05, 4.69) is 0 Å². The van der Waals surface area contributed by atoms with E-state index in [9.17, 15) is 30.0 Å². The summed E-state index contributed by atoms with van der Waals surface area (Å²) in [5.41, 5.74) is -0.457. The molecule has 6 nitrogen and oxygen atoms in total. The van der Waals surface area contributed by atoms with Gasteiger partial charge in [-0.3, -0.25) is 9.59 Å². The van der Waals surface area contributed by atoms with Crippen molar-refractivity contribution in [2.45, 2.75) is 19.1 Å². The summed E-state index contributed by atoms with van der Waals surface area (Å²) in [6.07, 6.45) is -2.88. The van der Waals surface area contributed by atoms with Crippen LogP contribution in [0.1, 0.15) is 50.4 Å². The van der Waals surface area contributed by atoms with Crippen molar-refractivity contribution in [3.8, 4) is 11.5 Å². The molecule has 118 valence electrons. The van der Waals surface area contributed by atoms with Crippen molar-refractivity contribution >= 4 is 11.6 Å². The minimum atomic E-state index is -1.60. The average molecular weight is 314 g/mol. The first kappa shape index (κ1) is 15.2. The maximum Gasteiger partial charge on any atom is 0.198 e. The molecule has 0 fully saturated rings. The smallest absolute Gasteiger partial charge is 0.198 e. The Balaban J connectivity index is 2.30. The van der Waals surface area contributed by atoms with E-state index in [1.54, 1.807) is 12.1 Å². The van der Waals surface area contributed by atoms with E-state index in [4.69, 9.17) is 0 Å². The van der Waals surface area contributed by atoms with Gasteiger partial charge >= 0.3 is 0 Å². The molecular formula is C17H14O6. The molecule has 1 aliphatic rings. The molecule has 0 saturated carbocycles. The molecule has 2 aromatic carbocycles. The maximum atomic E-state index is 12.6. The van der Waals surface area contributed by atoms with Gasteiger partial charge in [0, 0.05) is 16.7 Å². The van der Waals surface area contributed by atoms with Gasteiger partial charge in [-0.05, 0) is 13.0 Å². The van der Waals surface area contributed by atoms with Crippen LogP contribution in [-0.4, -0.2) is 38.1 Å². The quantitative estimate of drug-likeness (QED) is 0.566. The Kier molecular flexibility index (Phi) is 3.43. The Morgan fingerprint density at radius 2 is 1.48 bits per heavy atom. The van der Waals surface area contributed by atoms with Crippen molar-refractivity contribution in [1.82, 2.24) is 0 Å². The topological polar surface area (TPSA) is 115 Å². The molecule has 2 unspecified atom stereocenters. The standard InChI is InChI=1S/C17H14O6/c1-7(18)14(20)13-11(19)6-10-12(17(13)23)16(22)9-5-3-2-4-8(9)15(10)21/h2-7,14,18-20,23H,1H3. The highest BCUT2D eigenvalue weighted by Gasteiger charge is 2.36. The Bertz CT molecular complexity index is 837. The first-order valence-electron chi connectivity index (χ1n) is 6.98. The van der Waals surface area contributed by atoms with Crippen molar-refractivity contribution in [2.24, 2.45) is 0 Å². The van der Waals surface area contributed by atoms with Gasteiger partial charge in [-0.15, -0.1) is 0 Å². The number of hydrogen-bond acceptors (Lipinski definition) is 6. The average Bonchev–Trinajstić information content (AvgIpc) is 2.52. The van der Waals surface area contributed by atoms with Crippen LogP contribution in [0.4, 0.5) is 0 Å². The van der Waals surface area contributed by atoms with Crippen LogP contribution < -0.4 is 0 Å².